The molecule has 4 nitrogen and oxygen atoms in total. The normalized spacial score (nSPS) is 14.8. The van der Waals surface area contributed by atoms with Crippen molar-refractivity contribution in [3.63, 3.8) is 0 Å². The number of hydrogen-bond acceptors (Lipinski definition) is 5. The molecule has 5 heteroatoms. The molecule has 1 aliphatic carbocycles. The number of nitrogens with two attached hydrogens (primary N) is 1. The molecule has 1 aromatic carbocycles. The van der Waals surface area contributed by atoms with Gasteiger partial charge >= 0.3 is 0 Å². The summed E-state index contributed by atoms with van der Waals surface area (Å²) >= 11 is 1.55. The van der Waals surface area contributed by atoms with Crippen LogP contribution in [0.15, 0.2) is 30.5 Å². The molecule has 0 radical (unpaired) electrons. The highest BCUT2D eigenvalue weighted by atomic mass is 32.1. The lowest BCUT2D eigenvalue weighted by atomic mass is 10.2. The molecular formula is C15H19N3OS. The lowest BCUT2D eigenvalue weighted by Gasteiger charge is -2.21. The number of benzene rings is 1. The standard InChI is InChI=1S/C15H19N3OS/c16-15-17-7-14(20-15)10-18(8-11-4-5-11)9-12-2-1-3-13(19)6-12/h1-3,6-7,11,19H,4-5,8-10H2,(H2,16,17). The van der Waals surface area contributed by atoms with E-state index in [0.717, 1.165) is 31.1 Å². The van der Waals surface area contributed by atoms with Gasteiger partial charge in [0.25, 0.3) is 0 Å². The van der Waals surface area contributed by atoms with Crippen LogP contribution in [-0.2, 0) is 13.1 Å². The van der Waals surface area contributed by atoms with E-state index in [1.807, 2.05) is 18.3 Å². The Morgan fingerprint density at radius 3 is 2.85 bits per heavy atom. The van der Waals surface area contributed by atoms with Crippen LogP contribution < -0.4 is 5.73 Å². The lowest BCUT2D eigenvalue weighted by Crippen LogP contribution is -2.24. The second-order valence-corrected chi connectivity index (χ2v) is 6.59. The van der Waals surface area contributed by atoms with Crippen LogP contribution in [0.5, 0.6) is 5.75 Å². The van der Waals surface area contributed by atoms with E-state index in [-0.39, 0.29) is 0 Å². The van der Waals surface area contributed by atoms with Crippen molar-refractivity contribution in [2.24, 2.45) is 5.92 Å². The third-order valence-corrected chi connectivity index (χ3v) is 4.29. The van der Waals surface area contributed by atoms with Gasteiger partial charge in [0.1, 0.15) is 5.75 Å². The van der Waals surface area contributed by atoms with E-state index in [0.29, 0.717) is 10.9 Å². The number of anilines is 1. The number of aromatic hydroxyl groups is 1. The first-order valence-electron chi connectivity index (χ1n) is 6.89. The molecule has 0 spiro atoms. The number of phenolic OH excluding ortho intramolecular Hbond substituents is 1. The topological polar surface area (TPSA) is 62.4 Å². The number of hydrogen-bond donors (Lipinski definition) is 2. The van der Waals surface area contributed by atoms with Crippen molar-refractivity contribution in [1.82, 2.24) is 9.88 Å². The molecule has 0 amide bonds. The predicted octanol–water partition coefficient (Wildman–Crippen LogP) is 2.84. The van der Waals surface area contributed by atoms with Crippen molar-refractivity contribution in [3.05, 3.63) is 40.9 Å². The van der Waals surface area contributed by atoms with Gasteiger partial charge < -0.3 is 10.8 Å². The largest absolute Gasteiger partial charge is 0.508 e. The minimum atomic E-state index is 0.330. The first-order chi connectivity index (χ1) is 9.69. The Kier molecular flexibility index (Phi) is 3.89. The molecule has 2 aromatic rings. The summed E-state index contributed by atoms with van der Waals surface area (Å²) in [5.41, 5.74) is 6.84. The number of aromatic nitrogens is 1. The maximum absolute atomic E-state index is 9.57. The summed E-state index contributed by atoms with van der Waals surface area (Å²) < 4.78 is 0. The number of nitrogens with zero attached hydrogens (tertiary/aromatic N) is 2. The molecule has 20 heavy (non-hydrogen) atoms. The number of rotatable bonds is 6. The van der Waals surface area contributed by atoms with Gasteiger partial charge in [-0.15, -0.1) is 11.3 Å². The van der Waals surface area contributed by atoms with Crippen molar-refractivity contribution < 1.29 is 5.11 Å². The summed E-state index contributed by atoms with van der Waals surface area (Å²) in [4.78, 5) is 7.73. The average Bonchev–Trinajstić information content (AvgIpc) is 3.11. The van der Waals surface area contributed by atoms with Crippen molar-refractivity contribution in [3.8, 4) is 5.75 Å². The first-order valence-corrected chi connectivity index (χ1v) is 7.71. The zero-order valence-electron chi connectivity index (χ0n) is 11.3. The van der Waals surface area contributed by atoms with Crippen LogP contribution in [0.4, 0.5) is 5.13 Å². The van der Waals surface area contributed by atoms with E-state index < -0.39 is 0 Å². The number of thiazole rings is 1. The minimum Gasteiger partial charge on any atom is -0.508 e. The molecule has 0 bridgehead atoms. The molecule has 0 aliphatic heterocycles. The lowest BCUT2D eigenvalue weighted by molar-refractivity contribution is 0.247. The highest BCUT2D eigenvalue weighted by molar-refractivity contribution is 7.15. The Balaban J connectivity index is 1.68. The molecule has 0 saturated heterocycles. The van der Waals surface area contributed by atoms with Crippen molar-refractivity contribution in [2.45, 2.75) is 25.9 Å². The van der Waals surface area contributed by atoms with Crippen LogP contribution in [0, 0.1) is 5.92 Å². The Bertz CT molecular complexity index is 580. The van der Waals surface area contributed by atoms with Gasteiger partial charge in [-0.2, -0.15) is 0 Å². The Labute approximate surface area is 122 Å². The van der Waals surface area contributed by atoms with Gasteiger partial charge in [-0.05, 0) is 36.5 Å². The molecule has 106 valence electrons. The second kappa shape index (κ2) is 5.81. The van der Waals surface area contributed by atoms with Gasteiger partial charge in [0.15, 0.2) is 5.13 Å². The van der Waals surface area contributed by atoms with Crippen LogP contribution in [-0.4, -0.2) is 21.5 Å². The van der Waals surface area contributed by atoms with Crippen molar-refractivity contribution >= 4 is 16.5 Å². The van der Waals surface area contributed by atoms with Gasteiger partial charge in [-0.3, -0.25) is 4.90 Å². The molecule has 0 atom stereocenters. The van der Waals surface area contributed by atoms with E-state index in [1.54, 1.807) is 17.4 Å². The Morgan fingerprint density at radius 1 is 1.35 bits per heavy atom. The van der Waals surface area contributed by atoms with Crippen molar-refractivity contribution in [2.75, 3.05) is 12.3 Å². The van der Waals surface area contributed by atoms with Crippen LogP contribution in [0.25, 0.3) is 0 Å². The van der Waals surface area contributed by atoms with Gasteiger partial charge in [0, 0.05) is 30.7 Å². The summed E-state index contributed by atoms with van der Waals surface area (Å²) in [6.45, 7) is 2.83. The van der Waals surface area contributed by atoms with Gasteiger partial charge in [-0.1, -0.05) is 12.1 Å². The third kappa shape index (κ3) is 3.71. The molecule has 1 fully saturated rings. The monoisotopic (exact) mass is 289 g/mol. The van der Waals surface area contributed by atoms with Crippen molar-refractivity contribution in [1.29, 1.82) is 0 Å². The summed E-state index contributed by atoms with van der Waals surface area (Å²) in [5, 5.41) is 10.2. The summed E-state index contributed by atoms with van der Waals surface area (Å²) in [7, 11) is 0. The Morgan fingerprint density at radius 2 is 2.20 bits per heavy atom. The van der Waals surface area contributed by atoms with E-state index in [1.165, 1.54) is 17.7 Å². The fourth-order valence-electron chi connectivity index (χ4n) is 2.38. The van der Waals surface area contributed by atoms with E-state index in [2.05, 4.69) is 16.0 Å². The quantitative estimate of drug-likeness (QED) is 0.858. The molecule has 1 aliphatic rings. The third-order valence-electron chi connectivity index (χ3n) is 3.48. The fraction of sp³-hybridized carbons (Fsp3) is 0.400. The zero-order valence-corrected chi connectivity index (χ0v) is 12.1. The maximum Gasteiger partial charge on any atom is 0.180 e. The molecule has 3 N–H and O–H groups in total. The molecule has 0 unspecified atom stereocenters. The molecule has 1 saturated carbocycles. The van der Waals surface area contributed by atoms with Gasteiger partial charge in [-0.25, -0.2) is 4.98 Å². The van der Waals surface area contributed by atoms with Gasteiger partial charge in [0.05, 0.1) is 0 Å². The van der Waals surface area contributed by atoms with Crippen LogP contribution in [0.1, 0.15) is 23.3 Å². The number of nitrogen functional groups attached to an aromatic ring is 1. The highest BCUT2D eigenvalue weighted by Gasteiger charge is 2.24. The first kappa shape index (κ1) is 13.4. The van der Waals surface area contributed by atoms with E-state index >= 15 is 0 Å². The molecular weight excluding hydrogens is 270 g/mol. The summed E-state index contributed by atoms with van der Waals surface area (Å²) in [5.74, 6) is 1.16. The fourth-order valence-corrected chi connectivity index (χ4v) is 3.11. The molecule has 3 rings (SSSR count). The van der Waals surface area contributed by atoms with Crippen LogP contribution in [0.3, 0.4) is 0 Å². The average molecular weight is 289 g/mol. The Hall–Kier alpha value is -1.59. The second-order valence-electron chi connectivity index (χ2n) is 5.45. The van der Waals surface area contributed by atoms with Crippen LogP contribution in [0.2, 0.25) is 0 Å². The predicted molar refractivity (Wildman–Crippen MR) is 81.5 cm³/mol. The number of phenols is 1. The molecule has 1 aromatic heterocycles. The van der Waals surface area contributed by atoms with Crippen LogP contribution >= 0.6 is 11.3 Å². The highest BCUT2D eigenvalue weighted by Crippen LogP contribution is 2.31. The van der Waals surface area contributed by atoms with E-state index in [4.69, 9.17) is 5.73 Å². The minimum absolute atomic E-state index is 0.330. The molecule has 1 heterocycles. The van der Waals surface area contributed by atoms with E-state index in [9.17, 15) is 5.11 Å². The van der Waals surface area contributed by atoms with Gasteiger partial charge in [0.2, 0.25) is 0 Å². The maximum atomic E-state index is 9.57. The SMILES string of the molecule is Nc1ncc(CN(Cc2cccc(O)c2)CC2CC2)s1. The summed E-state index contributed by atoms with van der Waals surface area (Å²) in [6, 6.07) is 7.49. The summed E-state index contributed by atoms with van der Waals surface area (Å²) in [6.07, 6.45) is 4.53. The smallest absolute Gasteiger partial charge is 0.180 e. The zero-order chi connectivity index (χ0) is 13.9.